The van der Waals surface area contributed by atoms with Gasteiger partial charge in [-0.05, 0) is 42.2 Å². The Hall–Kier alpha value is -4.71. The molecule has 0 saturated carbocycles. The summed E-state index contributed by atoms with van der Waals surface area (Å²) in [6, 6.07) is 24.2. The van der Waals surface area contributed by atoms with Crippen LogP contribution in [0.25, 0.3) is 0 Å². The molecule has 47 heavy (non-hydrogen) atoms. The number of urea groups is 1. The Labute approximate surface area is 281 Å². The van der Waals surface area contributed by atoms with Crippen LogP contribution < -0.4 is 21.6 Å². The first-order valence-corrected chi connectivity index (χ1v) is 15.7. The number of aromatic nitrogens is 2. The van der Waals surface area contributed by atoms with Crippen LogP contribution in [0, 0.1) is 0 Å². The molecule has 4 aromatic rings. The topological polar surface area (TPSA) is 135 Å². The molecule has 0 bridgehead atoms. The van der Waals surface area contributed by atoms with Crippen LogP contribution in [0.1, 0.15) is 34.3 Å². The Morgan fingerprint density at radius 1 is 0.915 bits per heavy atom. The second-order valence-electron chi connectivity index (χ2n) is 11.2. The number of hydrogen-bond donors (Lipinski definition) is 3. The van der Waals surface area contributed by atoms with Crippen LogP contribution in [0.2, 0.25) is 10.0 Å². The van der Waals surface area contributed by atoms with E-state index in [1.54, 1.807) is 6.07 Å². The number of ether oxygens (including phenoxy) is 1. The number of carbonyl (C=O) groups is 3. The molecule has 1 atom stereocenters. The van der Waals surface area contributed by atoms with Gasteiger partial charge in [0, 0.05) is 25.8 Å². The number of rotatable bonds is 10. The van der Waals surface area contributed by atoms with Gasteiger partial charge in [-0.2, -0.15) is 4.98 Å². The van der Waals surface area contributed by atoms with E-state index in [1.807, 2.05) is 48.5 Å². The minimum absolute atomic E-state index is 0.0397. The number of amides is 3. The Morgan fingerprint density at radius 2 is 1.55 bits per heavy atom. The predicted molar refractivity (Wildman–Crippen MR) is 179 cm³/mol. The molecule has 3 aromatic carbocycles. The molecule has 2 heterocycles. The fourth-order valence-corrected chi connectivity index (χ4v) is 6.21. The van der Waals surface area contributed by atoms with Gasteiger partial charge in [-0.3, -0.25) is 14.3 Å². The van der Waals surface area contributed by atoms with Gasteiger partial charge in [0.1, 0.15) is 11.9 Å². The van der Waals surface area contributed by atoms with Gasteiger partial charge in [0.2, 0.25) is 0 Å². The number of likely N-dealkylation sites (tertiary alicyclic amines) is 1. The molecule has 13 heteroatoms. The third-order valence-corrected chi connectivity index (χ3v) is 8.74. The lowest BCUT2D eigenvalue weighted by atomic mass is 9.80. The van der Waals surface area contributed by atoms with E-state index in [4.69, 9.17) is 27.9 Å². The maximum atomic E-state index is 13.5. The number of anilines is 1. The van der Waals surface area contributed by atoms with Crippen LogP contribution in [0.5, 0.6) is 0 Å². The number of benzene rings is 3. The summed E-state index contributed by atoms with van der Waals surface area (Å²) in [5.74, 6) is -1.44. The number of nitrogens with one attached hydrogen (secondary N) is 3. The molecule has 5 rings (SSSR count). The minimum atomic E-state index is -1.21. The molecule has 1 aliphatic rings. The Kier molecular flexibility index (Phi) is 10.9. The lowest BCUT2D eigenvalue weighted by molar-refractivity contribution is -0.143. The minimum Gasteiger partial charge on any atom is -0.467 e. The quantitative estimate of drug-likeness (QED) is 0.205. The molecular weight excluding hydrogens is 643 g/mol. The highest BCUT2D eigenvalue weighted by molar-refractivity contribution is 6.40. The number of halogens is 2. The van der Waals surface area contributed by atoms with E-state index in [2.05, 4.69) is 38.0 Å². The smallest absolute Gasteiger partial charge is 0.349 e. The second-order valence-corrected chi connectivity index (χ2v) is 12.0. The summed E-state index contributed by atoms with van der Waals surface area (Å²) in [7, 11) is 1.20. The average Bonchev–Trinajstić information content (AvgIpc) is 3.07. The predicted octanol–water partition coefficient (Wildman–Crippen LogP) is 4.83. The van der Waals surface area contributed by atoms with E-state index in [0.29, 0.717) is 12.8 Å². The van der Waals surface area contributed by atoms with Crippen LogP contribution >= 0.6 is 23.2 Å². The zero-order valence-electron chi connectivity index (χ0n) is 25.6. The van der Waals surface area contributed by atoms with Gasteiger partial charge in [0.05, 0.1) is 34.8 Å². The SMILES string of the molecule is COC(=O)[C@H](Cn1ccc(NC(=O)c2c(Cl)cccc2Cl)nc1=O)NC(=O)NC1(c2ccccc2)CCN(Cc2ccccc2)CC1. The number of carbonyl (C=O) groups excluding carboxylic acids is 3. The van der Waals surface area contributed by atoms with Gasteiger partial charge in [0.15, 0.2) is 0 Å². The van der Waals surface area contributed by atoms with Crippen molar-refractivity contribution in [2.75, 3.05) is 25.5 Å². The standard InChI is InChI=1S/C34H34Cl2N6O5/c1-47-31(44)27(22-42-18-15-28(39-33(42)46)38-30(43)29-25(35)13-8-14-26(29)36)37-32(45)40-34(24-11-6-3-7-12-24)16-19-41(20-17-34)21-23-9-4-2-5-10-23/h2-15,18,27H,16-17,19-22H2,1H3,(H2,37,40,45)(H,38,39,43,46)/t27-/m0/s1. The first-order valence-electron chi connectivity index (χ1n) is 15.0. The molecule has 0 spiro atoms. The first-order chi connectivity index (χ1) is 22.7. The largest absolute Gasteiger partial charge is 0.467 e. The number of piperidine rings is 1. The number of hydrogen-bond acceptors (Lipinski definition) is 7. The van der Waals surface area contributed by atoms with E-state index >= 15 is 0 Å². The van der Waals surface area contributed by atoms with Crippen molar-refractivity contribution < 1.29 is 19.1 Å². The summed E-state index contributed by atoms with van der Waals surface area (Å²) < 4.78 is 6.07. The van der Waals surface area contributed by atoms with E-state index < -0.39 is 35.2 Å². The first kappa shape index (κ1) is 33.6. The molecule has 244 valence electrons. The summed E-state index contributed by atoms with van der Waals surface area (Å²) in [4.78, 5) is 58.2. The van der Waals surface area contributed by atoms with Crippen molar-refractivity contribution in [1.82, 2.24) is 25.1 Å². The lowest BCUT2D eigenvalue weighted by Gasteiger charge is -2.43. The van der Waals surface area contributed by atoms with Crippen LogP contribution in [-0.4, -0.2) is 58.6 Å². The highest BCUT2D eigenvalue weighted by atomic mass is 35.5. The monoisotopic (exact) mass is 676 g/mol. The van der Waals surface area contributed by atoms with Crippen molar-refractivity contribution in [3.05, 3.63) is 128 Å². The van der Waals surface area contributed by atoms with Crippen LogP contribution in [0.3, 0.4) is 0 Å². The molecule has 11 nitrogen and oxygen atoms in total. The Morgan fingerprint density at radius 3 is 2.17 bits per heavy atom. The van der Waals surface area contributed by atoms with Crippen molar-refractivity contribution in [3.8, 4) is 0 Å². The van der Waals surface area contributed by atoms with Crippen molar-refractivity contribution >= 4 is 46.9 Å². The molecule has 1 fully saturated rings. The molecule has 3 N–H and O–H groups in total. The van der Waals surface area contributed by atoms with Crippen LogP contribution in [0.4, 0.5) is 10.6 Å². The number of nitrogens with zero attached hydrogens (tertiary/aromatic N) is 3. The summed E-state index contributed by atoms with van der Waals surface area (Å²) in [6.45, 7) is 2.04. The highest BCUT2D eigenvalue weighted by Crippen LogP contribution is 2.33. The molecule has 1 aromatic heterocycles. The highest BCUT2D eigenvalue weighted by Gasteiger charge is 2.38. The van der Waals surface area contributed by atoms with Crippen LogP contribution in [-0.2, 0) is 28.2 Å². The maximum Gasteiger partial charge on any atom is 0.349 e. The Balaban J connectivity index is 1.27. The van der Waals surface area contributed by atoms with Crippen molar-refractivity contribution in [1.29, 1.82) is 0 Å². The van der Waals surface area contributed by atoms with Gasteiger partial charge in [-0.15, -0.1) is 0 Å². The summed E-state index contributed by atoms with van der Waals surface area (Å²) in [5, 5.41) is 8.61. The zero-order chi connectivity index (χ0) is 33.4. The van der Waals surface area contributed by atoms with E-state index in [1.165, 1.54) is 37.1 Å². The maximum absolute atomic E-state index is 13.5. The number of methoxy groups -OCH3 is 1. The van der Waals surface area contributed by atoms with Crippen molar-refractivity contribution in [2.24, 2.45) is 0 Å². The van der Waals surface area contributed by atoms with Crippen LogP contribution in [0.15, 0.2) is 95.9 Å². The van der Waals surface area contributed by atoms with E-state index in [-0.39, 0.29) is 28.0 Å². The fourth-order valence-electron chi connectivity index (χ4n) is 5.64. The van der Waals surface area contributed by atoms with Gasteiger partial charge in [-0.25, -0.2) is 14.4 Å². The average molecular weight is 678 g/mol. The summed E-state index contributed by atoms with van der Waals surface area (Å²) in [5.41, 5.74) is 0.771. The second kappa shape index (κ2) is 15.3. The zero-order valence-corrected chi connectivity index (χ0v) is 27.1. The molecule has 1 aliphatic heterocycles. The molecule has 0 radical (unpaired) electrons. The van der Waals surface area contributed by atoms with Gasteiger partial charge in [-0.1, -0.05) is 89.9 Å². The van der Waals surface area contributed by atoms with Gasteiger partial charge < -0.3 is 20.7 Å². The molecule has 0 unspecified atom stereocenters. The summed E-state index contributed by atoms with van der Waals surface area (Å²) in [6.07, 6.45) is 2.65. The van der Waals surface area contributed by atoms with Gasteiger partial charge >= 0.3 is 17.7 Å². The molecule has 1 saturated heterocycles. The summed E-state index contributed by atoms with van der Waals surface area (Å²) >= 11 is 12.2. The van der Waals surface area contributed by atoms with Gasteiger partial charge in [0.25, 0.3) is 5.91 Å². The number of esters is 1. The van der Waals surface area contributed by atoms with E-state index in [9.17, 15) is 19.2 Å². The third kappa shape index (κ3) is 8.37. The molecular formula is C34H34Cl2N6O5. The molecule has 0 aliphatic carbocycles. The lowest BCUT2D eigenvalue weighted by Crippen LogP contribution is -2.58. The Bertz CT molecular complexity index is 1760. The van der Waals surface area contributed by atoms with Crippen molar-refractivity contribution in [3.63, 3.8) is 0 Å². The van der Waals surface area contributed by atoms with E-state index in [0.717, 1.165) is 29.8 Å². The van der Waals surface area contributed by atoms with Crippen molar-refractivity contribution in [2.45, 2.75) is 37.5 Å². The third-order valence-electron chi connectivity index (χ3n) is 8.11. The normalized spacial score (nSPS) is 14.9. The fraction of sp³-hybridized carbons (Fsp3) is 0.265. The molecule has 3 amide bonds.